The Hall–Kier alpha value is -4.07. The van der Waals surface area contributed by atoms with Crippen LogP contribution in [0.5, 0.6) is 0 Å². The largest absolute Gasteiger partial charge is 0.481 e. The number of amides is 3. The van der Waals surface area contributed by atoms with Crippen molar-refractivity contribution in [3.05, 3.63) is 47.8 Å². The van der Waals surface area contributed by atoms with Gasteiger partial charge in [0, 0.05) is 43.9 Å². The lowest BCUT2D eigenvalue weighted by molar-refractivity contribution is -0.138. The summed E-state index contributed by atoms with van der Waals surface area (Å²) in [6, 6.07) is 8.77. The molecular formula is C26H33N5O8S. The van der Waals surface area contributed by atoms with Crippen molar-refractivity contribution in [2.45, 2.75) is 38.5 Å². The van der Waals surface area contributed by atoms with E-state index in [-0.39, 0.29) is 68.6 Å². The van der Waals surface area contributed by atoms with E-state index in [1.807, 2.05) is 0 Å². The summed E-state index contributed by atoms with van der Waals surface area (Å²) in [6.07, 6.45) is -1.03. The molecule has 1 fully saturated rings. The van der Waals surface area contributed by atoms with Gasteiger partial charge in [-0.1, -0.05) is 37.3 Å². The third-order valence-electron chi connectivity index (χ3n) is 6.22. The molecule has 0 saturated carbocycles. The van der Waals surface area contributed by atoms with Crippen LogP contribution in [0.15, 0.2) is 36.4 Å². The normalized spacial score (nSPS) is 14.3. The molecule has 2 aromatic rings. The molecule has 1 aromatic heterocycles. The van der Waals surface area contributed by atoms with Gasteiger partial charge in [0.15, 0.2) is 15.7 Å². The van der Waals surface area contributed by atoms with Crippen molar-refractivity contribution in [2.75, 3.05) is 38.5 Å². The predicted octanol–water partition coefficient (Wildman–Crippen LogP) is 1.34. The van der Waals surface area contributed by atoms with Gasteiger partial charge in [0.1, 0.15) is 11.7 Å². The molecule has 40 heavy (non-hydrogen) atoms. The number of aromatic nitrogens is 2. The molecule has 0 spiro atoms. The van der Waals surface area contributed by atoms with Crippen molar-refractivity contribution in [2.24, 2.45) is 0 Å². The fourth-order valence-electron chi connectivity index (χ4n) is 4.03. The molecule has 1 aliphatic heterocycles. The molecule has 1 atom stereocenters. The van der Waals surface area contributed by atoms with Crippen molar-refractivity contribution in [3.63, 3.8) is 0 Å². The number of carbonyl (C=O) groups is 4. The second-order valence-electron chi connectivity index (χ2n) is 9.08. The smallest absolute Gasteiger partial charge is 0.409 e. The SMILES string of the molecule is CCOC(=O)N1CCN(C(=O)C(CCC(=O)O)NC(=O)c2cc(CS(=O)(=O)CC)nc(-c3ccccc3)n2)CC1. The topological polar surface area (TPSA) is 176 Å². The van der Waals surface area contributed by atoms with E-state index in [4.69, 9.17) is 4.74 Å². The van der Waals surface area contributed by atoms with Crippen molar-refractivity contribution in [1.29, 1.82) is 0 Å². The van der Waals surface area contributed by atoms with Gasteiger partial charge < -0.3 is 25.0 Å². The van der Waals surface area contributed by atoms with Crippen LogP contribution in [-0.4, -0.2) is 102 Å². The monoisotopic (exact) mass is 575 g/mol. The number of piperazine rings is 1. The molecule has 3 rings (SSSR count). The van der Waals surface area contributed by atoms with Crippen LogP contribution in [0.2, 0.25) is 0 Å². The molecule has 2 N–H and O–H groups in total. The summed E-state index contributed by atoms with van der Waals surface area (Å²) in [5, 5.41) is 11.8. The van der Waals surface area contributed by atoms with Gasteiger partial charge in [0.2, 0.25) is 5.91 Å². The Morgan fingerprint density at radius 2 is 1.68 bits per heavy atom. The summed E-state index contributed by atoms with van der Waals surface area (Å²) in [4.78, 5) is 61.5. The van der Waals surface area contributed by atoms with E-state index in [2.05, 4.69) is 15.3 Å². The zero-order valence-electron chi connectivity index (χ0n) is 22.4. The molecule has 13 nitrogen and oxygen atoms in total. The Kier molecular flexibility index (Phi) is 10.5. The van der Waals surface area contributed by atoms with Crippen LogP contribution < -0.4 is 5.32 Å². The summed E-state index contributed by atoms with van der Waals surface area (Å²) in [7, 11) is -3.48. The molecule has 2 heterocycles. The van der Waals surface area contributed by atoms with E-state index in [9.17, 15) is 32.7 Å². The van der Waals surface area contributed by atoms with E-state index in [1.54, 1.807) is 37.3 Å². The summed E-state index contributed by atoms with van der Waals surface area (Å²) in [6.45, 7) is 4.25. The van der Waals surface area contributed by atoms with Gasteiger partial charge in [-0.3, -0.25) is 14.4 Å². The predicted molar refractivity (Wildman–Crippen MR) is 144 cm³/mol. The third kappa shape index (κ3) is 8.46. The first-order valence-corrected chi connectivity index (χ1v) is 14.7. The number of hydrogen-bond donors (Lipinski definition) is 2. The van der Waals surface area contributed by atoms with Crippen molar-refractivity contribution < 1.29 is 37.4 Å². The molecule has 1 unspecified atom stereocenters. The average Bonchev–Trinajstić information content (AvgIpc) is 2.95. The highest BCUT2D eigenvalue weighted by atomic mass is 32.2. The highest BCUT2D eigenvalue weighted by Gasteiger charge is 2.31. The number of aliphatic carboxylic acids is 1. The molecule has 1 aromatic carbocycles. The fraction of sp³-hybridized carbons (Fsp3) is 0.462. The minimum absolute atomic E-state index is 0.115. The van der Waals surface area contributed by atoms with Crippen LogP contribution in [0, 0.1) is 0 Å². The van der Waals surface area contributed by atoms with Gasteiger partial charge in [-0.15, -0.1) is 0 Å². The number of nitrogens with zero attached hydrogens (tertiary/aromatic N) is 4. The highest BCUT2D eigenvalue weighted by Crippen LogP contribution is 2.18. The Morgan fingerprint density at radius 1 is 1.02 bits per heavy atom. The van der Waals surface area contributed by atoms with Crippen LogP contribution in [-0.2, 0) is 29.9 Å². The van der Waals surface area contributed by atoms with E-state index >= 15 is 0 Å². The number of benzene rings is 1. The molecule has 1 aliphatic rings. The molecule has 0 bridgehead atoms. The van der Waals surface area contributed by atoms with Crippen LogP contribution in [0.25, 0.3) is 11.4 Å². The highest BCUT2D eigenvalue weighted by molar-refractivity contribution is 7.90. The van der Waals surface area contributed by atoms with E-state index in [1.165, 1.54) is 22.8 Å². The summed E-state index contributed by atoms with van der Waals surface area (Å²) in [5.41, 5.74) is 0.519. The van der Waals surface area contributed by atoms with Crippen LogP contribution in [0.3, 0.4) is 0 Å². The maximum atomic E-state index is 13.3. The van der Waals surface area contributed by atoms with Gasteiger partial charge in [-0.25, -0.2) is 23.2 Å². The molecule has 3 amide bonds. The quantitative estimate of drug-likeness (QED) is 0.398. The van der Waals surface area contributed by atoms with Gasteiger partial charge in [0.05, 0.1) is 18.1 Å². The molecule has 216 valence electrons. The Labute approximate surface area is 232 Å². The molecule has 1 saturated heterocycles. The lowest BCUT2D eigenvalue weighted by Gasteiger charge is -2.35. The third-order valence-corrected chi connectivity index (χ3v) is 7.83. The Bertz CT molecular complexity index is 1330. The lowest BCUT2D eigenvalue weighted by atomic mass is 10.1. The first-order chi connectivity index (χ1) is 19.0. The van der Waals surface area contributed by atoms with Gasteiger partial charge in [0.25, 0.3) is 5.91 Å². The number of ether oxygens (including phenoxy) is 1. The van der Waals surface area contributed by atoms with Gasteiger partial charge in [-0.2, -0.15) is 0 Å². The Morgan fingerprint density at radius 3 is 2.27 bits per heavy atom. The van der Waals surface area contributed by atoms with Crippen molar-refractivity contribution in [1.82, 2.24) is 25.1 Å². The zero-order chi connectivity index (χ0) is 29.3. The second-order valence-corrected chi connectivity index (χ2v) is 11.4. The standard InChI is InChI=1S/C26H33N5O8S/c1-3-39-26(36)31-14-12-30(13-15-31)25(35)20(10-11-22(32)33)29-24(34)21-16-19(17-40(37,38)4-2)27-23(28-21)18-8-6-5-7-9-18/h5-9,16,20H,3-4,10-15,17H2,1-2H3,(H,29,34)(H,32,33). The van der Waals surface area contributed by atoms with E-state index < -0.39 is 45.5 Å². The van der Waals surface area contributed by atoms with Crippen molar-refractivity contribution >= 4 is 33.7 Å². The average molecular weight is 576 g/mol. The number of carboxylic acids is 1. The Balaban J connectivity index is 1.84. The zero-order valence-corrected chi connectivity index (χ0v) is 23.2. The number of carbonyl (C=O) groups excluding carboxylic acids is 3. The first-order valence-electron chi connectivity index (χ1n) is 12.9. The summed E-state index contributed by atoms with van der Waals surface area (Å²) < 4.78 is 29.6. The number of rotatable bonds is 11. The summed E-state index contributed by atoms with van der Waals surface area (Å²) in [5.74, 6) is -2.79. The van der Waals surface area contributed by atoms with Gasteiger partial charge >= 0.3 is 12.1 Å². The minimum Gasteiger partial charge on any atom is -0.481 e. The maximum Gasteiger partial charge on any atom is 0.409 e. The summed E-state index contributed by atoms with van der Waals surface area (Å²) >= 11 is 0. The molecule has 0 aliphatic carbocycles. The van der Waals surface area contributed by atoms with Crippen molar-refractivity contribution in [3.8, 4) is 11.4 Å². The van der Waals surface area contributed by atoms with E-state index in [0.29, 0.717) is 5.56 Å². The number of carboxylic acid groups (broad SMARTS) is 1. The van der Waals surface area contributed by atoms with E-state index in [0.717, 1.165) is 0 Å². The van der Waals surface area contributed by atoms with Crippen LogP contribution in [0.1, 0.15) is 42.9 Å². The lowest BCUT2D eigenvalue weighted by Crippen LogP contribution is -2.56. The van der Waals surface area contributed by atoms with Crippen LogP contribution in [0.4, 0.5) is 4.79 Å². The fourth-order valence-corrected chi connectivity index (χ4v) is 4.84. The number of nitrogens with one attached hydrogen (secondary N) is 1. The number of hydrogen-bond acceptors (Lipinski definition) is 9. The van der Waals surface area contributed by atoms with Gasteiger partial charge in [-0.05, 0) is 19.4 Å². The second kappa shape index (κ2) is 13.8. The van der Waals surface area contributed by atoms with Crippen LogP contribution >= 0.6 is 0 Å². The minimum atomic E-state index is -3.48. The number of sulfone groups is 1. The molecular weight excluding hydrogens is 542 g/mol. The molecule has 0 radical (unpaired) electrons. The maximum absolute atomic E-state index is 13.3. The first kappa shape index (κ1) is 30.5. The molecule has 14 heteroatoms.